The Morgan fingerprint density at radius 1 is 1.28 bits per heavy atom. The van der Waals surface area contributed by atoms with E-state index in [4.69, 9.17) is 0 Å². The Balaban J connectivity index is 1.95. The van der Waals surface area contributed by atoms with Crippen molar-refractivity contribution in [3.63, 3.8) is 0 Å². The number of pyridine rings is 2. The van der Waals surface area contributed by atoms with Crippen molar-refractivity contribution < 1.29 is 9.59 Å². The van der Waals surface area contributed by atoms with Gasteiger partial charge in [-0.05, 0) is 66.0 Å². The second-order valence-electron chi connectivity index (χ2n) is 8.89. The van der Waals surface area contributed by atoms with Gasteiger partial charge in [-0.25, -0.2) is 0 Å². The highest BCUT2D eigenvalue weighted by Crippen LogP contribution is 2.41. The van der Waals surface area contributed by atoms with Crippen LogP contribution in [0.15, 0.2) is 47.6 Å². The van der Waals surface area contributed by atoms with Crippen molar-refractivity contribution in [1.82, 2.24) is 14.5 Å². The fourth-order valence-electron chi connectivity index (χ4n) is 3.35. The van der Waals surface area contributed by atoms with Crippen LogP contribution in [0.25, 0.3) is 10.9 Å². The van der Waals surface area contributed by atoms with Crippen LogP contribution in [0.5, 0.6) is 0 Å². The highest BCUT2D eigenvalue weighted by atomic mass is 79.9. The van der Waals surface area contributed by atoms with Crippen LogP contribution in [0, 0.1) is 0 Å². The Labute approximate surface area is 181 Å². The molecule has 3 aromatic rings. The summed E-state index contributed by atoms with van der Waals surface area (Å²) in [6, 6.07) is 3.93. The zero-order valence-corrected chi connectivity index (χ0v) is 20.2. The first-order valence-corrected chi connectivity index (χ1v) is 13.6. The maximum absolute atomic E-state index is 13.2. The molecular formula is C22H28BrN3O2Si. The summed E-state index contributed by atoms with van der Waals surface area (Å²) in [5.41, 5.74) is 2.18. The third kappa shape index (κ3) is 4.52. The van der Waals surface area contributed by atoms with Crippen LogP contribution >= 0.6 is 15.9 Å². The zero-order chi connectivity index (χ0) is 21.4. The van der Waals surface area contributed by atoms with Gasteiger partial charge in [-0.15, -0.1) is 0 Å². The van der Waals surface area contributed by atoms with Crippen LogP contribution in [-0.2, 0) is 0 Å². The average Bonchev–Trinajstić information content (AvgIpc) is 3.04. The topological polar surface area (TPSA) is 68.0 Å². The molecule has 0 saturated heterocycles. The number of halogens is 1. The molecule has 0 aliphatic heterocycles. The van der Waals surface area contributed by atoms with Crippen LogP contribution in [0.4, 0.5) is 0 Å². The summed E-state index contributed by atoms with van der Waals surface area (Å²) in [7, 11) is -2.25. The maximum Gasteiger partial charge on any atom is 0.196 e. The lowest BCUT2D eigenvalue weighted by molar-refractivity contribution is 0.103. The summed E-state index contributed by atoms with van der Waals surface area (Å²) < 4.78 is 2.94. The van der Waals surface area contributed by atoms with Crippen molar-refractivity contribution in [3.8, 4) is 0 Å². The number of hydrogen-bond donors (Lipinski definition) is 1. The van der Waals surface area contributed by atoms with Gasteiger partial charge in [0.1, 0.15) is 0 Å². The van der Waals surface area contributed by atoms with Crippen LogP contribution < -0.4 is 0 Å². The van der Waals surface area contributed by atoms with E-state index < -0.39 is 8.32 Å². The summed E-state index contributed by atoms with van der Waals surface area (Å²) in [4.78, 5) is 32.1. The first-order chi connectivity index (χ1) is 13.5. The number of nitrogens with zero attached hydrogens (tertiary/aromatic N) is 3. The third-order valence-electron chi connectivity index (χ3n) is 6.16. The number of aromatic nitrogens is 3. The van der Waals surface area contributed by atoms with Gasteiger partial charge in [-0.2, -0.15) is 0 Å². The Hall–Kier alpha value is -1.83. The van der Waals surface area contributed by atoms with Crippen LogP contribution in [0.1, 0.15) is 55.6 Å². The zero-order valence-electron chi connectivity index (χ0n) is 17.6. The van der Waals surface area contributed by atoms with Gasteiger partial charge in [0.05, 0.1) is 5.52 Å². The number of carbonyl (C=O) groups excluding carboxylic acids is 1. The minimum Gasteiger partial charge on any atom is -0.432 e. The van der Waals surface area contributed by atoms with Gasteiger partial charge in [0, 0.05) is 58.0 Å². The molecule has 0 aliphatic rings. The van der Waals surface area contributed by atoms with Gasteiger partial charge >= 0.3 is 0 Å². The molecule has 1 atom stereocenters. The summed E-state index contributed by atoms with van der Waals surface area (Å²) >= 11 is 3.39. The van der Waals surface area contributed by atoms with E-state index in [0.29, 0.717) is 11.1 Å². The number of carbonyl (C=O) groups is 1. The number of rotatable bonds is 7. The standard InChI is InChI=1S/C22H28BrN3O2Si/c1-15(6-8-22(2,3)29(4,5)28)26-14-19(18-13-24-9-7-20(18)26)21(27)16-10-17(23)12-25-11-16/h7,9-15,28H,6,8H2,1-5H3. The molecule has 154 valence electrons. The van der Waals surface area contributed by atoms with Crippen molar-refractivity contribution >= 4 is 40.9 Å². The van der Waals surface area contributed by atoms with E-state index in [1.807, 2.05) is 25.4 Å². The van der Waals surface area contributed by atoms with E-state index in [9.17, 15) is 9.59 Å². The van der Waals surface area contributed by atoms with Crippen LogP contribution in [0.2, 0.25) is 18.1 Å². The summed E-state index contributed by atoms with van der Waals surface area (Å²) in [5.74, 6) is -0.0630. The van der Waals surface area contributed by atoms with E-state index in [1.54, 1.807) is 30.9 Å². The van der Waals surface area contributed by atoms with E-state index >= 15 is 0 Å². The molecule has 0 spiro atoms. The number of ketones is 1. The number of hydrogen-bond acceptors (Lipinski definition) is 4. The molecule has 1 unspecified atom stereocenters. The second-order valence-corrected chi connectivity index (χ2v) is 14.3. The van der Waals surface area contributed by atoms with Crippen LogP contribution in [-0.4, -0.2) is 33.4 Å². The molecule has 0 saturated carbocycles. The molecule has 0 fully saturated rings. The Morgan fingerprint density at radius 3 is 2.66 bits per heavy atom. The second kappa shape index (κ2) is 8.12. The van der Waals surface area contributed by atoms with E-state index in [1.165, 1.54) is 0 Å². The molecule has 3 heterocycles. The normalized spacial score (nSPS) is 13.6. The van der Waals surface area contributed by atoms with E-state index in [-0.39, 0.29) is 16.9 Å². The predicted octanol–water partition coefficient (Wildman–Crippen LogP) is 5.74. The molecule has 0 aliphatic carbocycles. The quantitative estimate of drug-likeness (QED) is 0.350. The van der Waals surface area contributed by atoms with Gasteiger partial charge in [0.25, 0.3) is 0 Å². The summed E-state index contributed by atoms with van der Waals surface area (Å²) in [6.07, 6.45) is 10.5. The fraction of sp³-hybridized carbons (Fsp3) is 0.409. The molecule has 0 aromatic carbocycles. The minimum atomic E-state index is -2.25. The van der Waals surface area contributed by atoms with Crippen molar-refractivity contribution in [3.05, 3.63) is 58.7 Å². The van der Waals surface area contributed by atoms with Gasteiger partial charge in [0.15, 0.2) is 14.1 Å². The molecular weight excluding hydrogens is 446 g/mol. The van der Waals surface area contributed by atoms with Gasteiger partial charge < -0.3 is 9.36 Å². The fourth-order valence-corrected chi connectivity index (χ4v) is 4.47. The van der Waals surface area contributed by atoms with Crippen molar-refractivity contribution in [1.29, 1.82) is 0 Å². The average molecular weight is 474 g/mol. The summed E-state index contributed by atoms with van der Waals surface area (Å²) in [6.45, 7) is 10.5. The number of fused-ring (bicyclic) bond motifs is 1. The Morgan fingerprint density at radius 2 is 2.00 bits per heavy atom. The van der Waals surface area contributed by atoms with Gasteiger partial charge in [0.2, 0.25) is 0 Å². The largest absolute Gasteiger partial charge is 0.432 e. The molecule has 3 rings (SSSR count). The maximum atomic E-state index is 13.2. The summed E-state index contributed by atoms with van der Waals surface area (Å²) in [5, 5.41) is 0.771. The minimum absolute atomic E-state index is 0.0630. The molecule has 3 aromatic heterocycles. The van der Waals surface area contributed by atoms with Crippen molar-refractivity contribution in [2.24, 2.45) is 0 Å². The highest BCUT2D eigenvalue weighted by Gasteiger charge is 2.37. The SMILES string of the molecule is CC(CCC(C)(C)[Si](C)(C)O)n1cc(C(=O)c2cncc(Br)c2)c2cnccc21. The molecule has 29 heavy (non-hydrogen) atoms. The molecule has 1 N–H and O–H groups in total. The molecule has 5 nitrogen and oxygen atoms in total. The van der Waals surface area contributed by atoms with Gasteiger partial charge in [-0.1, -0.05) is 13.8 Å². The molecule has 7 heteroatoms. The lowest BCUT2D eigenvalue weighted by Crippen LogP contribution is -2.39. The first kappa shape index (κ1) is 21.9. The Bertz CT molecular complexity index is 1040. The van der Waals surface area contributed by atoms with Crippen molar-refractivity contribution in [2.75, 3.05) is 0 Å². The lowest BCUT2D eigenvalue weighted by Gasteiger charge is -2.36. The van der Waals surface area contributed by atoms with Crippen molar-refractivity contribution in [2.45, 2.75) is 57.8 Å². The van der Waals surface area contributed by atoms with E-state index in [0.717, 1.165) is 28.2 Å². The monoisotopic (exact) mass is 473 g/mol. The predicted molar refractivity (Wildman–Crippen MR) is 123 cm³/mol. The first-order valence-electron chi connectivity index (χ1n) is 9.83. The molecule has 0 bridgehead atoms. The van der Waals surface area contributed by atoms with Crippen LogP contribution in [0.3, 0.4) is 0 Å². The van der Waals surface area contributed by atoms with Gasteiger partial charge in [-0.3, -0.25) is 14.8 Å². The third-order valence-corrected chi connectivity index (χ3v) is 10.2. The highest BCUT2D eigenvalue weighted by molar-refractivity contribution is 9.10. The molecule has 0 amide bonds. The smallest absolute Gasteiger partial charge is 0.196 e. The Kier molecular flexibility index (Phi) is 6.13. The lowest BCUT2D eigenvalue weighted by atomic mass is 10.0. The van der Waals surface area contributed by atoms with E-state index in [2.05, 4.69) is 51.2 Å². The molecule has 0 radical (unpaired) electrons.